The van der Waals surface area contributed by atoms with Crippen LogP contribution in [0.3, 0.4) is 0 Å². The second-order valence-corrected chi connectivity index (χ2v) is 10.8. The van der Waals surface area contributed by atoms with Crippen LogP contribution in [0.4, 0.5) is 23.2 Å². The average molecular weight is 612 g/mol. The Bertz CT molecular complexity index is 1730. The van der Waals surface area contributed by atoms with Crippen molar-refractivity contribution in [3.05, 3.63) is 93.3 Å². The Balaban J connectivity index is 1.54. The molecule has 5 rings (SSSR count). The Morgan fingerprint density at radius 2 is 1.84 bits per heavy atom. The molecule has 0 spiro atoms. The molecule has 12 heteroatoms. The van der Waals surface area contributed by atoms with E-state index >= 15 is 4.39 Å². The summed E-state index contributed by atoms with van der Waals surface area (Å²) in [4.78, 5) is 33.7. The van der Waals surface area contributed by atoms with Crippen molar-refractivity contribution in [2.24, 2.45) is 5.73 Å². The van der Waals surface area contributed by atoms with E-state index in [0.29, 0.717) is 67.4 Å². The lowest BCUT2D eigenvalue weighted by Crippen LogP contribution is -2.39. The monoisotopic (exact) mass is 611 g/mol. The minimum atomic E-state index is -4.64. The van der Waals surface area contributed by atoms with E-state index in [4.69, 9.17) is 10.5 Å². The van der Waals surface area contributed by atoms with Gasteiger partial charge in [0.05, 0.1) is 30.0 Å². The number of nitrogens with zero attached hydrogens (tertiary/aromatic N) is 3. The van der Waals surface area contributed by atoms with Crippen molar-refractivity contribution >= 4 is 22.5 Å². The number of nitrogens with two attached hydrogens (primary N) is 1. The van der Waals surface area contributed by atoms with E-state index in [9.17, 15) is 22.8 Å². The molecule has 2 aromatic heterocycles. The first-order valence-electron chi connectivity index (χ1n) is 14.4. The van der Waals surface area contributed by atoms with Gasteiger partial charge in [-0.2, -0.15) is 13.2 Å². The topological polar surface area (TPSA) is 102 Å². The third kappa shape index (κ3) is 6.98. The van der Waals surface area contributed by atoms with Gasteiger partial charge in [-0.25, -0.2) is 4.39 Å². The third-order valence-electron chi connectivity index (χ3n) is 7.72. The fourth-order valence-electron chi connectivity index (χ4n) is 5.30. The van der Waals surface area contributed by atoms with Crippen LogP contribution in [-0.4, -0.2) is 59.8 Å². The number of fused-ring (bicyclic) bond motifs is 1. The number of amides is 1. The van der Waals surface area contributed by atoms with Gasteiger partial charge < -0.3 is 20.4 Å². The Morgan fingerprint density at radius 1 is 1.07 bits per heavy atom. The Labute approximate surface area is 251 Å². The smallest absolute Gasteiger partial charge is 0.379 e. The van der Waals surface area contributed by atoms with Crippen LogP contribution in [0.5, 0.6) is 0 Å². The normalized spacial score (nSPS) is 14.2. The molecule has 1 fully saturated rings. The second kappa shape index (κ2) is 13.2. The number of halogens is 4. The Kier molecular flexibility index (Phi) is 9.42. The summed E-state index contributed by atoms with van der Waals surface area (Å²) in [6, 6.07) is 9.99. The number of carbonyl (C=O) groups excluding carboxylic acids is 1. The lowest BCUT2D eigenvalue weighted by molar-refractivity contribution is -0.137. The molecule has 2 aromatic carbocycles. The molecule has 0 atom stereocenters. The van der Waals surface area contributed by atoms with Gasteiger partial charge in [0.2, 0.25) is 0 Å². The van der Waals surface area contributed by atoms with E-state index in [2.05, 4.69) is 15.2 Å². The van der Waals surface area contributed by atoms with Gasteiger partial charge in [-0.05, 0) is 79.9 Å². The number of morpholine rings is 1. The predicted octanol–water partition coefficient (Wildman–Crippen LogP) is 5.01. The Hall–Kier alpha value is -4.13. The van der Waals surface area contributed by atoms with Crippen molar-refractivity contribution in [2.45, 2.75) is 32.5 Å². The molecule has 44 heavy (non-hydrogen) atoms. The van der Waals surface area contributed by atoms with E-state index in [-0.39, 0.29) is 22.4 Å². The van der Waals surface area contributed by atoms with Crippen molar-refractivity contribution in [1.82, 2.24) is 14.5 Å². The molecule has 1 saturated heterocycles. The molecule has 0 unspecified atom stereocenters. The fourth-order valence-corrected chi connectivity index (χ4v) is 5.30. The van der Waals surface area contributed by atoms with Crippen molar-refractivity contribution in [3.8, 4) is 11.1 Å². The first-order chi connectivity index (χ1) is 21.0. The van der Waals surface area contributed by atoms with Gasteiger partial charge in [0, 0.05) is 54.6 Å². The summed E-state index contributed by atoms with van der Waals surface area (Å²) >= 11 is 0. The number of hydrogen-bond donors (Lipinski definition) is 2. The van der Waals surface area contributed by atoms with E-state index in [0.717, 1.165) is 37.3 Å². The predicted molar refractivity (Wildman–Crippen MR) is 160 cm³/mol. The highest BCUT2D eigenvalue weighted by atomic mass is 19.4. The lowest BCUT2D eigenvalue weighted by atomic mass is 9.98. The molecule has 0 bridgehead atoms. The van der Waals surface area contributed by atoms with Crippen molar-refractivity contribution < 1.29 is 27.1 Å². The lowest BCUT2D eigenvalue weighted by Gasteiger charge is -2.27. The molecule has 232 valence electrons. The van der Waals surface area contributed by atoms with Crippen LogP contribution in [0.15, 0.2) is 59.5 Å². The van der Waals surface area contributed by atoms with Crippen LogP contribution in [0.25, 0.3) is 22.0 Å². The van der Waals surface area contributed by atoms with Gasteiger partial charge in [-0.1, -0.05) is 6.07 Å². The van der Waals surface area contributed by atoms with Crippen LogP contribution in [0, 0.1) is 12.7 Å². The fraction of sp³-hybridized carbons (Fsp3) is 0.344. The second-order valence-electron chi connectivity index (χ2n) is 10.8. The summed E-state index contributed by atoms with van der Waals surface area (Å²) in [7, 11) is 0. The minimum Gasteiger partial charge on any atom is -0.379 e. The number of nitrogens with one attached hydrogen (secondary N) is 1. The van der Waals surface area contributed by atoms with Crippen molar-refractivity contribution in [3.63, 3.8) is 0 Å². The van der Waals surface area contributed by atoms with Crippen LogP contribution in [-0.2, 0) is 23.9 Å². The van der Waals surface area contributed by atoms with Crippen LogP contribution in [0.1, 0.15) is 33.6 Å². The summed E-state index contributed by atoms with van der Waals surface area (Å²) in [5.74, 6) is -1.70. The molecule has 0 aliphatic carbocycles. The van der Waals surface area contributed by atoms with Crippen LogP contribution < -0.4 is 16.6 Å². The number of aryl methyl sites for hydroxylation is 2. The molecule has 3 heterocycles. The van der Waals surface area contributed by atoms with Gasteiger partial charge in [-0.15, -0.1) is 0 Å². The molecular weight excluding hydrogens is 578 g/mol. The van der Waals surface area contributed by atoms with Crippen molar-refractivity contribution in [1.29, 1.82) is 0 Å². The SMILES string of the molecule is Cc1cc(F)c(NC(=O)c2cccc(C(F)(F)F)c2)cc1-c1cc2cnc(CCCN)cc2n(CCN2CCOCC2)c1=O. The van der Waals surface area contributed by atoms with Gasteiger partial charge >= 0.3 is 6.18 Å². The molecule has 1 aliphatic heterocycles. The minimum absolute atomic E-state index is 0.261. The van der Waals surface area contributed by atoms with Crippen LogP contribution in [0.2, 0.25) is 0 Å². The van der Waals surface area contributed by atoms with E-state index < -0.39 is 23.5 Å². The largest absolute Gasteiger partial charge is 0.416 e. The highest BCUT2D eigenvalue weighted by Crippen LogP contribution is 2.31. The molecule has 1 aliphatic rings. The average Bonchev–Trinajstić information content (AvgIpc) is 3.01. The third-order valence-corrected chi connectivity index (χ3v) is 7.72. The zero-order chi connectivity index (χ0) is 31.4. The number of carbonyl (C=O) groups is 1. The quantitative estimate of drug-likeness (QED) is 0.258. The van der Waals surface area contributed by atoms with Gasteiger partial charge in [0.1, 0.15) is 5.82 Å². The number of benzene rings is 2. The summed E-state index contributed by atoms with van der Waals surface area (Å²) in [5.41, 5.74) is 6.48. The zero-order valence-corrected chi connectivity index (χ0v) is 24.2. The maximum atomic E-state index is 15.1. The maximum absolute atomic E-state index is 15.1. The number of alkyl halides is 3. The molecule has 4 aromatic rings. The molecular formula is C32H33F4N5O3. The summed E-state index contributed by atoms with van der Waals surface area (Å²) in [6.07, 6.45) is -1.53. The molecule has 0 radical (unpaired) electrons. The molecule has 3 N–H and O–H groups in total. The summed E-state index contributed by atoms with van der Waals surface area (Å²) in [6.45, 7) is 5.90. The van der Waals surface area contributed by atoms with Gasteiger partial charge in [0.25, 0.3) is 11.5 Å². The highest BCUT2D eigenvalue weighted by molar-refractivity contribution is 6.04. The first-order valence-corrected chi connectivity index (χ1v) is 14.4. The first kappa shape index (κ1) is 31.3. The number of anilines is 1. The van der Waals surface area contributed by atoms with E-state index in [1.807, 2.05) is 6.07 Å². The summed E-state index contributed by atoms with van der Waals surface area (Å²) in [5, 5.41) is 3.08. The van der Waals surface area contributed by atoms with Gasteiger partial charge in [0.15, 0.2) is 0 Å². The van der Waals surface area contributed by atoms with E-state index in [1.54, 1.807) is 23.8 Å². The number of ether oxygens (including phenoxy) is 1. The molecule has 1 amide bonds. The number of pyridine rings is 2. The summed E-state index contributed by atoms with van der Waals surface area (Å²) < 4.78 is 61.8. The van der Waals surface area contributed by atoms with Gasteiger partial charge in [-0.3, -0.25) is 19.5 Å². The zero-order valence-electron chi connectivity index (χ0n) is 24.2. The molecule has 8 nitrogen and oxygen atoms in total. The standard InChI is InChI=1S/C32H33F4N5O3/c1-20-14-27(33)28(39-30(42)21-4-2-5-23(15-21)32(34,35)36)18-25(20)26-16-22-19-38-24(6-3-7-37)17-29(22)41(31(26)43)9-8-40-10-12-44-13-11-40/h2,4-5,14-19H,3,6-13,37H2,1H3,(H,39,42). The maximum Gasteiger partial charge on any atom is 0.416 e. The van der Waals surface area contributed by atoms with E-state index in [1.165, 1.54) is 18.2 Å². The Morgan fingerprint density at radius 3 is 2.57 bits per heavy atom. The number of aromatic nitrogens is 2. The highest BCUT2D eigenvalue weighted by Gasteiger charge is 2.31. The van der Waals surface area contributed by atoms with Crippen LogP contribution >= 0.6 is 0 Å². The number of hydrogen-bond acceptors (Lipinski definition) is 6. The molecule has 0 saturated carbocycles. The number of rotatable bonds is 9. The van der Waals surface area contributed by atoms with Crippen molar-refractivity contribution in [2.75, 3.05) is 44.7 Å².